The molecular weight excluding hydrogens is 428 g/mol. The molecule has 1 aliphatic rings. The summed E-state index contributed by atoms with van der Waals surface area (Å²) >= 11 is 0. The molecule has 2 aromatic heterocycles. The van der Waals surface area contributed by atoms with Gasteiger partial charge < -0.3 is 14.5 Å². The van der Waals surface area contributed by atoms with Crippen molar-refractivity contribution >= 4 is 40.1 Å². The second-order valence-electron chi connectivity index (χ2n) is 8.41. The largest absolute Gasteiger partial charge is 0.465 e. The van der Waals surface area contributed by atoms with Gasteiger partial charge in [0.2, 0.25) is 0 Å². The fourth-order valence-electron chi connectivity index (χ4n) is 4.45. The van der Waals surface area contributed by atoms with Gasteiger partial charge in [-0.05, 0) is 73.2 Å². The maximum absolute atomic E-state index is 13.3. The number of furan rings is 1. The third kappa shape index (κ3) is 4.10. The third-order valence-electron chi connectivity index (χ3n) is 6.09. The number of aromatic nitrogens is 1. The van der Waals surface area contributed by atoms with Crippen molar-refractivity contribution in [2.75, 3.05) is 11.9 Å². The summed E-state index contributed by atoms with van der Waals surface area (Å²) in [5, 5.41) is 3.58. The number of hydrogen-bond acceptors (Lipinski definition) is 5. The molecular formula is C28H24N2O4. The molecule has 0 saturated carbocycles. The second kappa shape index (κ2) is 8.98. The molecule has 2 heterocycles. The van der Waals surface area contributed by atoms with E-state index in [1.165, 1.54) is 0 Å². The SMILES string of the molecule is Cc1cccc(C)c1NC(=O)COC(=O)c1c2c(nc3ccccc13)/C(=C\c1ccco1)CC2. The van der Waals surface area contributed by atoms with Crippen LogP contribution in [-0.4, -0.2) is 23.5 Å². The normalized spacial score (nSPS) is 13.8. The van der Waals surface area contributed by atoms with Crippen molar-refractivity contribution in [1.82, 2.24) is 4.98 Å². The van der Waals surface area contributed by atoms with Crippen LogP contribution >= 0.6 is 0 Å². The highest BCUT2D eigenvalue weighted by Gasteiger charge is 2.28. The number of aryl methyl sites for hydroxylation is 2. The van der Waals surface area contributed by atoms with E-state index in [0.717, 1.165) is 51.2 Å². The standard InChI is InChI=1S/C28H24N2O4/c1-17-7-5-8-18(2)26(17)30-24(31)16-34-28(32)25-21-10-3-4-11-23(21)29-27-19(12-13-22(25)27)15-20-9-6-14-33-20/h3-11,14-15H,12-13,16H2,1-2H3,(H,30,31)/b19-15-. The van der Waals surface area contributed by atoms with E-state index in [-0.39, 0.29) is 12.5 Å². The Kier molecular flexibility index (Phi) is 5.72. The number of ether oxygens (including phenoxy) is 1. The lowest BCUT2D eigenvalue weighted by molar-refractivity contribution is -0.119. The average molecular weight is 453 g/mol. The number of benzene rings is 2. The minimum Gasteiger partial charge on any atom is -0.465 e. The summed E-state index contributed by atoms with van der Waals surface area (Å²) in [4.78, 5) is 30.7. The first-order valence-electron chi connectivity index (χ1n) is 11.2. The Morgan fingerprint density at radius 3 is 2.59 bits per heavy atom. The van der Waals surface area contributed by atoms with Gasteiger partial charge in [-0.1, -0.05) is 36.4 Å². The number of amides is 1. The Labute approximate surface area is 197 Å². The number of nitrogens with zero attached hydrogens (tertiary/aromatic N) is 1. The first kappa shape index (κ1) is 21.6. The predicted molar refractivity (Wildman–Crippen MR) is 131 cm³/mol. The van der Waals surface area contributed by atoms with Crippen LogP contribution in [0.5, 0.6) is 0 Å². The zero-order chi connectivity index (χ0) is 23.7. The maximum atomic E-state index is 13.3. The summed E-state index contributed by atoms with van der Waals surface area (Å²) in [6.07, 6.45) is 4.99. The Bertz CT molecular complexity index is 1410. The van der Waals surface area contributed by atoms with Crippen molar-refractivity contribution < 1.29 is 18.7 Å². The zero-order valence-corrected chi connectivity index (χ0v) is 19.1. The van der Waals surface area contributed by atoms with Gasteiger partial charge in [0.15, 0.2) is 6.61 Å². The summed E-state index contributed by atoms with van der Waals surface area (Å²) in [5.41, 5.74) is 6.47. The van der Waals surface area contributed by atoms with Crippen molar-refractivity contribution in [2.45, 2.75) is 26.7 Å². The van der Waals surface area contributed by atoms with Crippen molar-refractivity contribution in [3.05, 3.63) is 94.6 Å². The van der Waals surface area contributed by atoms with E-state index in [1.54, 1.807) is 6.26 Å². The summed E-state index contributed by atoms with van der Waals surface area (Å²) in [6, 6.07) is 17.0. The molecule has 1 amide bonds. The van der Waals surface area contributed by atoms with Gasteiger partial charge in [-0.25, -0.2) is 9.78 Å². The van der Waals surface area contributed by atoms with Gasteiger partial charge in [-0.2, -0.15) is 0 Å². The van der Waals surface area contributed by atoms with Crippen molar-refractivity contribution in [3.63, 3.8) is 0 Å². The predicted octanol–water partition coefficient (Wildman–Crippen LogP) is 5.73. The molecule has 2 aromatic carbocycles. The van der Waals surface area contributed by atoms with E-state index in [0.29, 0.717) is 17.5 Å². The number of para-hydroxylation sites is 2. The van der Waals surface area contributed by atoms with Gasteiger partial charge in [-0.15, -0.1) is 0 Å². The number of rotatable bonds is 5. The van der Waals surface area contributed by atoms with Gasteiger partial charge >= 0.3 is 5.97 Å². The van der Waals surface area contributed by atoms with Gasteiger partial charge in [0, 0.05) is 11.1 Å². The van der Waals surface area contributed by atoms with E-state index in [1.807, 2.05) is 74.5 Å². The number of pyridine rings is 1. The van der Waals surface area contributed by atoms with Crippen LogP contribution < -0.4 is 5.32 Å². The molecule has 1 N–H and O–H groups in total. The van der Waals surface area contributed by atoms with E-state index < -0.39 is 5.97 Å². The van der Waals surface area contributed by atoms with Crippen LogP contribution in [0.2, 0.25) is 0 Å². The Morgan fingerprint density at radius 1 is 1.03 bits per heavy atom. The third-order valence-corrected chi connectivity index (χ3v) is 6.09. The Hall–Kier alpha value is -4.19. The molecule has 6 heteroatoms. The molecule has 0 bridgehead atoms. The lowest BCUT2D eigenvalue weighted by atomic mass is 10.0. The van der Waals surface area contributed by atoms with E-state index in [9.17, 15) is 9.59 Å². The van der Waals surface area contributed by atoms with Crippen LogP contribution in [0.4, 0.5) is 5.69 Å². The fourth-order valence-corrected chi connectivity index (χ4v) is 4.45. The summed E-state index contributed by atoms with van der Waals surface area (Å²) in [5.74, 6) is -0.157. The minimum absolute atomic E-state index is 0.368. The summed E-state index contributed by atoms with van der Waals surface area (Å²) in [7, 11) is 0. The maximum Gasteiger partial charge on any atom is 0.339 e. The Balaban J connectivity index is 1.43. The Morgan fingerprint density at radius 2 is 1.82 bits per heavy atom. The number of fused-ring (bicyclic) bond motifs is 2. The highest BCUT2D eigenvalue weighted by atomic mass is 16.5. The first-order chi connectivity index (χ1) is 16.5. The van der Waals surface area contributed by atoms with Crippen LogP contribution in [0.15, 0.2) is 65.3 Å². The quantitative estimate of drug-likeness (QED) is 0.391. The lowest BCUT2D eigenvalue weighted by Crippen LogP contribution is -2.22. The van der Waals surface area contributed by atoms with Gasteiger partial charge in [0.25, 0.3) is 5.91 Å². The molecule has 0 unspecified atom stereocenters. The molecule has 0 radical (unpaired) electrons. The molecule has 0 saturated heterocycles. The zero-order valence-electron chi connectivity index (χ0n) is 19.1. The molecule has 34 heavy (non-hydrogen) atoms. The number of carbonyl (C=O) groups excluding carboxylic acids is 2. The smallest absolute Gasteiger partial charge is 0.339 e. The lowest BCUT2D eigenvalue weighted by Gasteiger charge is -2.14. The summed E-state index contributed by atoms with van der Waals surface area (Å²) < 4.78 is 11.0. The minimum atomic E-state index is -0.522. The number of anilines is 1. The van der Waals surface area contributed by atoms with E-state index in [2.05, 4.69) is 5.32 Å². The molecule has 6 nitrogen and oxygen atoms in total. The van der Waals surface area contributed by atoms with Gasteiger partial charge in [-0.3, -0.25) is 4.79 Å². The highest BCUT2D eigenvalue weighted by molar-refractivity contribution is 6.08. The highest BCUT2D eigenvalue weighted by Crippen LogP contribution is 2.37. The average Bonchev–Trinajstić information content (AvgIpc) is 3.49. The fraction of sp³-hybridized carbons (Fsp3) is 0.179. The summed E-state index contributed by atoms with van der Waals surface area (Å²) in [6.45, 7) is 3.48. The second-order valence-corrected chi connectivity index (χ2v) is 8.41. The number of nitrogens with one attached hydrogen (secondary N) is 1. The molecule has 0 atom stereocenters. The molecule has 4 aromatic rings. The van der Waals surface area contributed by atoms with E-state index >= 15 is 0 Å². The van der Waals surface area contributed by atoms with Crippen LogP contribution in [0, 0.1) is 13.8 Å². The molecule has 0 spiro atoms. The monoisotopic (exact) mass is 452 g/mol. The van der Waals surface area contributed by atoms with Crippen molar-refractivity contribution in [2.24, 2.45) is 0 Å². The molecule has 1 aliphatic carbocycles. The van der Waals surface area contributed by atoms with Gasteiger partial charge in [0.05, 0.1) is 23.0 Å². The molecule has 5 rings (SSSR count). The van der Waals surface area contributed by atoms with Crippen LogP contribution in [0.25, 0.3) is 22.6 Å². The number of hydrogen-bond donors (Lipinski definition) is 1. The molecule has 0 aliphatic heterocycles. The topological polar surface area (TPSA) is 81.4 Å². The molecule has 0 fully saturated rings. The van der Waals surface area contributed by atoms with E-state index in [4.69, 9.17) is 14.1 Å². The van der Waals surface area contributed by atoms with Gasteiger partial charge in [0.1, 0.15) is 5.76 Å². The van der Waals surface area contributed by atoms with Crippen LogP contribution in [0.3, 0.4) is 0 Å². The van der Waals surface area contributed by atoms with Crippen LogP contribution in [0.1, 0.15) is 44.9 Å². The van der Waals surface area contributed by atoms with Crippen molar-refractivity contribution in [1.29, 1.82) is 0 Å². The van der Waals surface area contributed by atoms with Crippen molar-refractivity contribution in [3.8, 4) is 0 Å². The molecule has 170 valence electrons. The van der Waals surface area contributed by atoms with Crippen LogP contribution in [-0.2, 0) is 16.0 Å². The number of esters is 1. The number of allylic oxidation sites excluding steroid dienone is 1. The number of carbonyl (C=O) groups is 2. The first-order valence-corrected chi connectivity index (χ1v) is 11.2.